The number of hydrogen-bond donors (Lipinski definition) is 2. The SMILES string of the molecule is CNS(=O)(=O)c1cccc(C(=O)O[C@@H]2CCCCNC2=O)c1. The molecular formula is C14H18N2O5S. The summed E-state index contributed by atoms with van der Waals surface area (Å²) in [5, 5.41) is 2.67. The normalized spacial score (nSPS) is 19.1. The zero-order valence-corrected chi connectivity index (χ0v) is 13.0. The van der Waals surface area contributed by atoms with Crippen molar-refractivity contribution in [3.05, 3.63) is 29.8 Å². The quantitative estimate of drug-likeness (QED) is 0.781. The topological polar surface area (TPSA) is 102 Å². The van der Waals surface area contributed by atoms with E-state index in [0.717, 1.165) is 12.8 Å². The average molecular weight is 326 g/mol. The van der Waals surface area contributed by atoms with E-state index in [1.54, 1.807) is 0 Å². The number of sulfonamides is 1. The van der Waals surface area contributed by atoms with Gasteiger partial charge in [-0.3, -0.25) is 4.79 Å². The number of benzene rings is 1. The molecule has 1 amide bonds. The number of rotatable bonds is 4. The van der Waals surface area contributed by atoms with Gasteiger partial charge < -0.3 is 10.1 Å². The predicted molar refractivity (Wildman–Crippen MR) is 78.8 cm³/mol. The first-order chi connectivity index (χ1) is 10.4. The lowest BCUT2D eigenvalue weighted by molar-refractivity contribution is -0.129. The third-order valence-electron chi connectivity index (χ3n) is 3.38. The zero-order chi connectivity index (χ0) is 16.2. The lowest BCUT2D eigenvalue weighted by atomic mass is 10.1. The fraction of sp³-hybridized carbons (Fsp3) is 0.429. The van der Waals surface area contributed by atoms with Gasteiger partial charge in [-0.25, -0.2) is 17.9 Å². The van der Waals surface area contributed by atoms with Crippen molar-refractivity contribution >= 4 is 21.9 Å². The van der Waals surface area contributed by atoms with Gasteiger partial charge in [-0.2, -0.15) is 0 Å². The summed E-state index contributed by atoms with van der Waals surface area (Å²) in [6.07, 6.45) is 1.26. The monoisotopic (exact) mass is 326 g/mol. The summed E-state index contributed by atoms with van der Waals surface area (Å²) in [5.41, 5.74) is 0.0911. The van der Waals surface area contributed by atoms with Gasteiger partial charge in [0, 0.05) is 6.54 Å². The fourth-order valence-corrected chi connectivity index (χ4v) is 2.90. The predicted octanol–water partition coefficient (Wildman–Crippen LogP) is 0.420. The second-order valence-electron chi connectivity index (χ2n) is 4.92. The van der Waals surface area contributed by atoms with E-state index in [1.165, 1.54) is 31.3 Å². The zero-order valence-electron chi connectivity index (χ0n) is 12.2. The van der Waals surface area contributed by atoms with Crippen molar-refractivity contribution in [2.45, 2.75) is 30.3 Å². The highest BCUT2D eigenvalue weighted by Gasteiger charge is 2.25. The van der Waals surface area contributed by atoms with Gasteiger partial charge in [-0.15, -0.1) is 0 Å². The smallest absolute Gasteiger partial charge is 0.338 e. The lowest BCUT2D eigenvalue weighted by Crippen LogP contribution is -2.36. The van der Waals surface area contributed by atoms with Crippen LogP contribution in [0.15, 0.2) is 29.2 Å². The third-order valence-corrected chi connectivity index (χ3v) is 4.79. The minimum atomic E-state index is -3.64. The van der Waals surface area contributed by atoms with Crippen LogP contribution in [0.4, 0.5) is 0 Å². The van der Waals surface area contributed by atoms with Crippen molar-refractivity contribution in [3.8, 4) is 0 Å². The summed E-state index contributed by atoms with van der Waals surface area (Å²) in [7, 11) is -2.35. The Labute approximate surface area is 129 Å². The number of nitrogens with one attached hydrogen (secondary N) is 2. The highest BCUT2D eigenvalue weighted by molar-refractivity contribution is 7.89. The Hall–Kier alpha value is -1.93. The molecule has 1 aromatic carbocycles. The van der Waals surface area contributed by atoms with Crippen LogP contribution in [0.25, 0.3) is 0 Å². The van der Waals surface area contributed by atoms with Gasteiger partial charge in [0.1, 0.15) is 0 Å². The lowest BCUT2D eigenvalue weighted by Gasteiger charge is -2.14. The number of esters is 1. The molecule has 0 spiro atoms. The maximum atomic E-state index is 12.1. The van der Waals surface area contributed by atoms with Gasteiger partial charge >= 0.3 is 5.97 Å². The van der Waals surface area contributed by atoms with Crippen molar-refractivity contribution in [2.24, 2.45) is 0 Å². The minimum absolute atomic E-state index is 0.0326. The van der Waals surface area contributed by atoms with Gasteiger partial charge in [0.2, 0.25) is 10.0 Å². The second-order valence-corrected chi connectivity index (χ2v) is 6.80. The fourth-order valence-electron chi connectivity index (χ4n) is 2.13. The molecule has 1 aliphatic rings. The molecule has 8 heteroatoms. The Kier molecular flexibility index (Phi) is 5.15. The molecule has 1 aromatic rings. The molecule has 0 bridgehead atoms. The van der Waals surface area contributed by atoms with E-state index in [2.05, 4.69) is 10.0 Å². The molecule has 2 N–H and O–H groups in total. The summed E-state index contributed by atoms with van der Waals surface area (Å²) in [6, 6.07) is 5.50. The summed E-state index contributed by atoms with van der Waals surface area (Å²) in [6.45, 7) is 0.572. The van der Waals surface area contributed by atoms with E-state index in [4.69, 9.17) is 4.74 Å². The summed E-state index contributed by atoms with van der Waals surface area (Å²) in [4.78, 5) is 23.8. The average Bonchev–Trinajstić information content (AvgIpc) is 2.72. The number of hydrogen-bond acceptors (Lipinski definition) is 5. The Morgan fingerprint density at radius 3 is 2.86 bits per heavy atom. The third kappa shape index (κ3) is 3.83. The first-order valence-electron chi connectivity index (χ1n) is 6.96. The van der Waals surface area contributed by atoms with E-state index in [9.17, 15) is 18.0 Å². The Balaban J connectivity index is 2.16. The molecule has 22 heavy (non-hydrogen) atoms. The number of carbonyl (C=O) groups excluding carboxylic acids is 2. The molecule has 7 nitrogen and oxygen atoms in total. The molecule has 0 saturated carbocycles. The highest BCUT2D eigenvalue weighted by Crippen LogP contribution is 2.15. The standard InChI is InChI=1S/C14H18N2O5S/c1-15-22(19,20)11-6-4-5-10(9-11)14(18)21-12-7-2-3-8-16-13(12)17/h4-6,9,12,15H,2-3,7-8H2,1H3,(H,16,17)/t12-/m1/s1. The van der Waals surface area contributed by atoms with Crippen molar-refractivity contribution in [2.75, 3.05) is 13.6 Å². The van der Waals surface area contributed by atoms with Crippen LogP contribution in [-0.4, -0.2) is 40.0 Å². The maximum Gasteiger partial charge on any atom is 0.338 e. The van der Waals surface area contributed by atoms with Crippen LogP contribution in [0.3, 0.4) is 0 Å². The maximum absolute atomic E-state index is 12.1. The Morgan fingerprint density at radius 1 is 1.36 bits per heavy atom. The first-order valence-corrected chi connectivity index (χ1v) is 8.44. The van der Waals surface area contributed by atoms with Crippen LogP contribution in [-0.2, 0) is 19.6 Å². The van der Waals surface area contributed by atoms with Gasteiger partial charge in [0.25, 0.3) is 5.91 Å². The Morgan fingerprint density at radius 2 is 2.14 bits per heavy atom. The van der Waals surface area contributed by atoms with Gasteiger partial charge in [-0.1, -0.05) is 6.07 Å². The summed E-state index contributed by atoms with van der Waals surface area (Å²) >= 11 is 0. The van der Waals surface area contributed by atoms with Crippen molar-refractivity contribution < 1.29 is 22.7 Å². The molecule has 1 fully saturated rings. The van der Waals surface area contributed by atoms with E-state index in [0.29, 0.717) is 13.0 Å². The van der Waals surface area contributed by atoms with Crippen molar-refractivity contribution in [1.29, 1.82) is 0 Å². The number of ether oxygens (including phenoxy) is 1. The number of amides is 1. The summed E-state index contributed by atoms with van der Waals surface area (Å²) in [5.74, 6) is -1.03. The van der Waals surface area contributed by atoms with Crippen LogP contribution >= 0.6 is 0 Å². The van der Waals surface area contributed by atoms with Crippen LogP contribution in [0, 0.1) is 0 Å². The van der Waals surface area contributed by atoms with E-state index >= 15 is 0 Å². The van der Waals surface area contributed by atoms with Crippen molar-refractivity contribution in [1.82, 2.24) is 10.0 Å². The van der Waals surface area contributed by atoms with Crippen molar-refractivity contribution in [3.63, 3.8) is 0 Å². The molecule has 0 unspecified atom stereocenters. The molecule has 0 aliphatic carbocycles. The Bertz CT molecular complexity index is 672. The van der Waals surface area contributed by atoms with Gasteiger partial charge in [-0.05, 0) is 44.5 Å². The molecule has 0 radical (unpaired) electrons. The van der Waals surface area contributed by atoms with Gasteiger partial charge in [0.05, 0.1) is 10.5 Å². The number of carbonyl (C=O) groups is 2. The molecule has 120 valence electrons. The van der Waals surface area contributed by atoms with Crippen LogP contribution in [0.2, 0.25) is 0 Å². The largest absolute Gasteiger partial charge is 0.449 e. The van der Waals surface area contributed by atoms with Crippen LogP contribution in [0.5, 0.6) is 0 Å². The second kappa shape index (κ2) is 6.89. The molecular weight excluding hydrogens is 308 g/mol. The minimum Gasteiger partial charge on any atom is -0.449 e. The molecule has 2 rings (SSSR count). The highest BCUT2D eigenvalue weighted by atomic mass is 32.2. The molecule has 1 heterocycles. The molecule has 1 aliphatic heterocycles. The van der Waals surface area contributed by atoms with Gasteiger partial charge in [0.15, 0.2) is 6.10 Å². The van der Waals surface area contributed by atoms with E-state index in [-0.39, 0.29) is 16.4 Å². The summed E-state index contributed by atoms with van der Waals surface area (Å²) < 4.78 is 30.9. The van der Waals surface area contributed by atoms with E-state index in [1.807, 2.05) is 0 Å². The first kappa shape index (κ1) is 16.4. The molecule has 1 saturated heterocycles. The molecule has 1 atom stereocenters. The molecule has 0 aromatic heterocycles. The van der Waals surface area contributed by atoms with Crippen LogP contribution in [0.1, 0.15) is 29.6 Å². The van der Waals surface area contributed by atoms with E-state index < -0.39 is 22.1 Å². The van der Waals surface area contributed by atoms with Crippen LogP contribution < -0.4 is 10.0 Å².